The van der Waals surface area contributed by atoms with Gasteiger partial charge in [-0.3, -0.25) is 9.48 Å². The number of aryl methyl sites for hydroxylation is 2. The molecule has 0 unspecified atom stereocenters. The SMILES string of the molecule is Cc1nn(C)c(C(=O)NC2(CO)CCC2)c1N. The molecule has 1 aromatic heterocycles. The van der Waals surface area contributed by atoms with Crippen LogP contribution in [0.5, 0.6) is 0 Å². The Bertz CT molecular complexity index is 443. The van der Waals surface area contributed by atoms with Crippen molar-refractivity contribution in [1.82, 2.24) is 15.1 Å². The predicted molar refractivity (Wildman–Crippen MR) is 63.5 cm³/mol. The predicted octanol–water partition coefficient (Wildman–Crippen LogP) is -0.0445. The fraction of sp³-hybridized carbons (Fsp3) is 0.636. The van der Waals surface area contributed by atoms with E-state index in [0.29, 0.717) is 17.1 Å². The van der Waals surface area contributed by atoms with Crippen LogP contribution in [0.15, 0.2) is 0 Å². The summed E-state index contributed by atoms with van der Waals surface area (Å²) < 4.78 is 1.48. The number of nitrogens with two attached hydrogens (primary N) is 1. The van der Waals surface area contributed by atoms with Crippen LogP contribution in [0.4, 0.5) is 5.69 Å². The molecule has 0 aliphatic heterocycles. The average molecular weight is 238 g/mol. The number of hydrogen-bond donors (Lipinski definition) is 3. The largest absolute Gasteiger partial charge is 0.395 e. The summed E-state index contributed by atoms with van der Waals surface area (Å²) in [5.74, 6) is -0.264. The Kier molecular flexibility index (Phi) is 2.82. The standard InChI is InChI=1S/C11H18N4O2/c1-7-8(12)9(15(2)14-7)10(17)13-11(6-16)4-3-5-11/h16H,3-6,12H2,1-2H3,(H,13,17). The normalized spacial score (nSPS) is 17.6. The third-order valence-electron chi connectivity index (χ3n) is 3.48. The van der Waals surface area contributed by atoms with Crippen molar-refractivity contribution in [1.29, 1.82) is 0 Å². The zero-order valence-corrected chi connectivity index (χ0v) is 10.2. The Balaban J connectivity index is 2.20. The molecule has 0 bridgehead atoms. The molecular weight excluding hydrogens is 220 g/mol. The van der Waals surface area contributed by atoms with E-state index in [1.54, 1.807) is 14.0 Å². The first-order chi connectivity index (χ1) is 7.99. The van der Waals surface area contributed by atoms with Gasteiger partial charge in [0.05, 0.1) is 23.5 Å². The number of aromatic nitrogens is 2. The molecule has 1 fully saturated rings. The smallest absolute Gasteiger partial charge is 0.272 e. The molecule has 6 heteroatoms. The lowest BCUT2D eigenvalue weighted by Gasteiger charge is -2.40. The minimum absolute atomic E-state index is 0.0323. The summed E-state index contributed by atoms with van der Waals surface area (Å²) in [6.07, 6.45) is 2.65. The minimum atomic E-state index is -0.457. The molecule has 1 aliphatic carbocycles. The summed E-state index contributed by atoms with van der Waals surface area (Å²) in [5, 5.41) is 16.3. The number of nitrogens with zero attached hydrogens (tertiary/aromatic N) is 2. The number of rotatable bonds is 3. The van der Waals surface area contributed by atoms with Crippen molar-refractivity contribution in [2.45, 2.75) is 31.7 Å². The summed E-state index contributed by atoms with van der Waals surface area (Å²) >= 11 is 0. The maximum atomic E-state index is 12.1. The number of aliphatic hydroxyl groups is 1. The van der Waals surface area contributed by atoms with Crippen LogP contribution < -0.4 is 11.1 Å². The molecule has 0 atom stereocenters. The van der Waals surface area contributed by atoms with Crippen LogP contribution in [0.3, 0.4) is 0 Å². The maximum absolute atomic E-state index is 12.1. The topological polar surface area (TPSA) is 93.2 Å². The van der Waals surface area contributed by atoms with Crippen LogP contribution in [0, 0.1) is 6.92 Å². The molecule has 0 spiro atoms. The summed E-state index contributed by atoms with van der Waals surface area (Å²) in [7, 11) is 1.69. The first-order valence-electron chi connectivity index (χ1n) is 5.71. The second-order valence-corrected chi connectivity index (χ2v) is 4.72. The zero-order valence-electron chi connectivity index (χ0n) is 10.2. The first kappa shape index (κ1) is 11.9. The zero-order chi connectivity index (χ0) is 12.6. The molecule has 1 heterocycles. The highest BCUT2D eigenvalue weighted by Crippen LogP contribution is 2.31. The van der Waals surface area contributed by atoms with Crippen molar-refractivity contribution < 1.29 is 9.90 Å². The van der Waals surface area contributed by atoms with Gasteiger partial charge in [0.2, 0.25) is 0 Å². The van der Waals surface area contributed by atoms with Crippen molar-refractivity contribution in [2.75, 3.05) is 12.3 Å². The quantitative estimate of drug-likeness (QED) is 0.688. The summed E-state index contributed by atoms with van der Waals surface area (Å²) in [6.45, 7) is 1.73. The number of hydrogen-bond acceptors (Lipinski definition) is 4. The van der Waals surface area contributed by atoms with Crippen LogP contribution in [-0.4, -0.2) is 32.9 Å². The molecule has 0 saturated heterocycles. The third kappa shape index (κ3) is 1.88. The van der Waals surface area contributed by atoms with Crippen molar-refractivity contribution in [3.05, 3.63) is 11.4 Å². The van der Waals surface area contributed by atoms with Gasteiger partial charge < -0.3 is 16.2 Å². The number of nitrogen functional groups attached to an aromatic ring is 1. The van der Waals surface area contributed by atoms with E-state index in [1.165, 1.54) is 4.68 Å². The number of carbonyl (C=O) groups is 1. The lowest BCUT2D eigenvalue weighted by molar-refractivity contribution is 0.0635. The van der Waals surface area contributed by atoms with Gasteiger partial charge in [-0.1, -0.05) is 0 Å². The van der Waals surface area contributed by atoms with Crippen molar-refractivity contribution in [2.24, 2.45) is 7.05 Å². The fourth-order valence-electron chi connectivity index (χ4n) is 2.17. The molecule has 1 aliphatic rings. The number of carbonyl (C=O) groups excluding carboxylic acids is 1. The molecule has 1 amide bonds. The molecule has 6 nitrogen and oxygen atoms in total. The van der Waals surface area contributed by atoms with Gasteiger partial charge in [-0.15, -0.1) is 0 Å². The lowest BCUT2D eigenvalue weighted by Crippen LogP contribution is -2.56. The van der Waals surface area contributed by atoms with E-state index in [4.69, 9.17) is 5.73 Å². The van der Waals surface area contributed by atoms with Crippen molar-refractivity contribution in [3.63, 3.8) is 0 Å². The van der Waals surface area contributed by atoms with Crippen LogP contribution in [0.25, 0.3) is 0 Å². The molecule has 1 saturated carbocycles. The number of nitrogens with one attached hydrogen (secondary N) is 1. The van der Waals surface area contributed by atoms with Gasteiger partial charge in [0.1, 0.15) is 5.69 Å². The Hall–Kier alpha value is -1.56. The summed E-state index contributed by atoms with van der Waals surface area (Å²) in [5.41, 5.74) is 6.77. The van der Waals surface area contributed by atoms with Gasteiger partial charge in [-0.05, 0) is 26.2 Å². The van der Waals surface area contributed by atoms with Crippen molar-refractivity contribution in [3.8, 4) is 0 Å². The van der Waals surface area contributed by atoms with Crippen LogP contribution in [0.2, 0.25) is 0 Å². The number of aliphatic hydroxyl groups excluding tert-OH is 1. The second kappa shape index (κ2) is 4.03. The van der Waals surface area contributed by atoms with Crippen LogP contribution >= 0.6 is 0 Å². The first-order valence-corrected chi connectivity index (χ1v) is 5.71. The Morgan fingerprint density at radius 1 is 1.65 bits per heavy atom. The maximum Gasteiger partial charge on any atom is 0.272 e. The second-order valence-electron chi connectivity index (χ2n) is 4.72. The summed E-state index contributed by atoms with van der Waals surface area (Å²) in [6, 6.07) is 0. The Labute approximate surface area is 99.8 Å². The molecule has 0 aromatic carbocycles. The van der Waals surface area contributed by atoms with E-state index in [9.17, 15) is 9.90 Å². The fourth-order valence-corrected chi connectivity index (χ4v) is 2.17. The van der Waals surface area contributed by atoms with E-state index in [0.717, 1.165) is 19.3 Å². The van der Waals surface area contributed by atoms with E-state index in [-0.39, 0.29) is 12.5 Å². The van der Waals surface area contributed by atoms with E-state index >= 15 is 0 Å². The van der Waals surface area contributed by atoms with Gasteiger partial charge >= 0.3 is 0 Å². The Morgan fingerprint density at radius 2 is 2.29 bits per heavy atom. The Morgan fingerprint density at radius 3 is 2.65 bits per heavy atom. The van der Waals surface area contributed by atoms with Gasteiger partial charge in [0.25, 0.3) is 5.91 Å². The van der Waals surface area contributed by atoms with Gasteiger partial charge in [0.15, 0.2) is 0 Å². The highest BCUT2D eigenvalue weighted by molar-refractivity contribution is 5.98. The molecule has 17 heavy (non-hydrogen) atoms. The monoisotopic (exact) mass is 238 g/mol. The van der Waals surface area contributed by atoms with E-state index in [2.05, 4.69) is 10.4 Å². The third-order valence-corrected chi connectivity index (χ3v) is 3.48. The van der Waals surface area contributed by atoms with Gasteiger partial charge in [-0.2, -0.15) is 5.10 Å². The number of anilines is 1. The van der Waals surface area contributed by atoms with Crippen molar-refractivity contribution >= 4 is 11.6 Å². The molecule has 0 radical (unpaired) electrons. The van der Waals surface area contributed by atoms with Crippen LogP contribution in [0.1, 0.15) is 35.4 Å². The molecule has 94 valence electrons. The highest BCUT2D eigenvalue weighted by atomic mass is 16.3. The average Bonchev–Trinajstić information content (AvgIpc) is 2.47. The molecule has 4 N–H and O–H groups in total. The molecular formula is C11H18N4O2. The summed E-state index contributed by atoms with van der Waals surface area (Å²) in [4.78, 5) is 12.1. The van der Waals surface area contributed by atoms with E-state index < -0.39 is 5.54 Å². The highest BCUT2D eigenvalue weighted by Gasteiger charge is 2.38. The lowest BCUT2D eigenvalue weighted by atomic mass is 9.77. The van der Waals surface area contributed by atoms with Crippen LogP contribution in [-0.2, 0) is 7.05 Å². The number of amides is 1. The molecule has 2 rings (SSSR count). The van der Waals surface area contributed by atoms with E-state index in [1.807, 2.05) is 0 Å². The molecule has 1 aromatic rings. The minimum Gasteiger partial charge on any atom is -0.395 e. The van der Waals surface area contributed by atoms with Gasteiger partial charge in [-0.25, -0.2) is 0 Å². The van der Waals surface area contributed by atoms with Gasteiger partial charge in [0, 0.05) is 7.05 Å².